The average molecular weight is 431 g/mol. The molecule has 0 aliphatic heterocycles. The second kappa shape index (κ2) is 6.22. The van der Waals surface area contributed by atoms with Crippen molar-refractivity contribution in [3.63, 3.8) is 0 Å². The molecule has 3 N–H and O–H groups in total. The normalized spacial score (nSPS) is 11.4. The van der Waals surface area contributed by atoms with Crippen molar-refractivity contribution in [2.45, 2.75) is 4.90 Å². The third-order valence-corrected chi connectivity index (χ3v) is 5.57. The summed E-state index contributed by atoms with van der Waals surface area (Å²) in [4.78, 5) is -0.254. The zero-order valence-corrected chi connectivity index (χ0v) is 14.9. The van der Waals surface area contributed by atoms with Crippen molar-refractivity contribution < 1.29 is 8.42 Å². The SMILES string of the molecule is Nc1cc(Cl)c(S(=O)(=O)Nc2cc(Br)ccc2Cl)c(Cl)c1. The third-order valence-electron chi connectivity index (χ3n) is 2.46. The Morgan fingerprint density at radius 3 is 2.14 bits per heavy atom. The molecule has 0 aliphatic rings. The van der Waals surface area contributed by atoms with E-state index in [0.29, 0.717) is 4.47 Å². The van der Waals surface area contributed by atoms with Gasteiger partial charge in [0.05, 0.1) is 20.8 Å². The molecule has 0 bridgehead atoms. The number of rotatable bonds is 3. The van der Waals surface area contributed by atoms with Gasteiger partial charge < -0.3 is 5.73 Å². The zero-order chi connectivity index (χ0) is 15.8. The lowest BCUT2D eigenvalue weighted by molar-refractivity contribution is 0.601. The second-order valence-corrected chi connectivity index (χ2v) is 7.80. The highest BCUT2D eigenvalue weighted by Gasteiger charge is 2.23. The van der Waals surface area contributed by atoms with Gasteiger partial charge in [0.1, 0.15) is 4.90 Å². The molecule has 0 aromatic heterocycles. The summed E-state index contributed by atoms with van der Waals surface area (Å²) < 4.78 is 27.9. The number of hydrogen-bond donors (Lipinski definition) is 2. The number of benzene rings is 2. The average Bonchev–Trinajstić information content (AvgIpc) is 2.31. The first kappa shape index (κ1) is 16.7. The minimum atomic E-state index is -4.01. The van der Waals surface area contributed by atoms with E-state index in [2.05, 4.69) is 20.7 Å². The highest BCUT2D eigenvalue weighted by Crippen LogP contribution is 2.34. The lowest BCUT2D eigenvalue weighted by Gasteiger charge is -2.13. The Labute approximate surface area is 145 Å². The largest absolute Gasteiger partial charge is 0.399 e. The smallest absolute Gasteiger partial charge is 0.264 e. The predicted molar refractivity (Wildman–Crippen MR) is 90.8 cm³/mol. The van der Waals surface area contributed by atoms with Gasteiger partial charge in [-0.1, -0.05) is 50.7 Å². The van der Waals surface area contributed by atoms with E-state index < -0.39 is 10.0 Å². The van der Waals surface area contributed by atoms with Crippen molar-refractivity contribution >= 4 is 72.1 Å². The maximum atomic E-state index is 12.4. The van der Waals surface area contributed by atoms with Gasteiger partial charge >= 0.3 is 0 Å². The molecular weight excluding hydrogens is 422 g/mol. The Morgan fingerprint density at radius 1 is 1.00 bits per heavy atom. The fourth-order valence-corrected chi connectivity index (χ4v) is 4.49. The first-order chi connectivity index (χ1) is 9.70. The second-order valence-electron chi connectivity index (χ2n) is 4.04. The summed E-state index contributed by atoms with van der Waals surface area (Å²) in [5.74, 6) is 0. The van der Waals surface area contributed by atoms with Crippen molar-refractivity contribution in [2.24, 2.45) is 0 Å². The molecular formula is C12H8BrCl3N2O2S. The summed E-state index contributed by atoms with van der Waals surface area (Å²) in [7, 11) is -4.01. The van der Waals surface area contributed by atoms with Crippen LogP contribution in [0.4, 0.5) is 11.4 Å². The van der Waals surface area contributed by atoms with Gasteiger partial charge in [-0.15, -0.1) is 0 Å². The number of sulfonamides is 1. The van der Waals surface area contributed by atoms with Gasteiger partial charge in [-0.25, -0.2) is 8.42 Å². The van der Waals surface area contributed by atoms with Gasteiger partial charge in [-0.05, 0) is 30.3 Å². The predicted octanol–water partition coefficient (Wildman–Crippen LogP) is 4.79. The van der Waals surface area contributed by atoms with Crippen LogP contribution < -0.4 is 10.5 Å². The van der Waals surface area contributed by atoms with Gasteiger partial charge in [-0.3, -0.25) is 4.72 Å². The number of hydrogen-bond acceptors (Lipinski definition) is 3. The molecule has 21 heavy (non-hydrogen) atoms. The minimum Gasteiger partial charge on any atom is -0.399 e. The molecule has 0 atom stereocenters. The molecule has 2 rings (SSSR count). The molecule has 4 nitrogen and oxygen atoms in total. The summed E-state index contributed by atoms with van der Waals surface area (Å²) in [6.45, 7) is 0. The van der Waals surface area contributed by atoms with E-state index in [1.807, 2.05) is 0 Å². The molecule has 2 aromatic carbocycles. The number of halogens is 4. The van der Waals surface area contributed by atoms with Crippen LogP contribution in [0.3, 0.4) is 0 Å². The maximum Gasteiger partial charge on any atom is 0.264 e. The van der Waals surface area contributed by atoms with Crippen LogP contribution in [-0.2, 0) is 10.0 Å². The van der Waals surface area contributed by atoms with Crippen LogP contribution in [0.25, 0.3) is 0 Å². The number of nitrogens with one attached hydrogen (secondary N) is 1. The zero-order valence-electron chi connectivity index (χ0n) is 10.2. The maximum absolute atomic E-state index is 12.4. The van der Waals surface area contributed by atoms with Crippen molar-refractivity contribution in [1.29, 1.82) is 0 Å². The molecule has 0 radical (unpaired) electrons. The Kier molecular flexibility index (Phi) is 4.95. The number of nitrogen functional groups attached to an aromatic ring is 1. The molecule has 0 fully saturated rings. The van der Waals surface area contributed by atoms with E-state index in [9.17, 15) is 8.42 Å². The van der Waals surface area contributed by atoms with E-state index in [4.69, 9.17) is 40.5 Å². The Balaban J connectivity index is 2.51. The highest BCUT2D eigenvalue weighted by atomic mass is 79.9. The minimum absolute atomic E-state index is 0.0707. The van der Waals surface area contributed by atoms with Crippen molar-refractivity contribution in [2.75, 3.05) is 10.5 Å². The fraction of sp³-hybridized carbons (Fsp3) is 0. The van der Waals surface area contributed by atoms with Gasteiger partial charge in [-0.2, -0.15) is 0 Å². The van der Waals surface area contributed by atoms with Gasteiger partial charge in [0.25, 0.3) is 10.0 Å². The molecule has 2 aromatic rings. The monoisotopic (exact) mass is 428 g/mol. The van der Waals surface area contributed by atoms with Gasteiger partial charge in [0.15, 0.2) is 0 Å². The summed E-state index contributed by atoms with van der Waals surface area (Å²) in [5.41, 5.74) is 6.03. The van der Waals surface area contributed by atoms with E-state index in [1.165, 1.54) is 18.2 Å². The lowest BCUT2D eigenvalue weighted by Crippen LogP contribution is -2.14. The molecule has 0 heterocycles. The topological polar surface area (TPSA) is 72.2 Å². The molecule has 0 saturated carbocycles. The molecule has 0 amide bonds. The van der Waals surface area contributed by atoms with Crippen LogP contribution in [-0.4, -0.2) is 8.42 Å². The molecule has 0 unspecified atom stereocenters. The van der Waals surface area contributed by atoms with E-state index in [0.717, 1.165) is 0 Å². The molecule has 0 aliphatic carbocycles. The van der Waals surface area contributed by atoms with Crippen molar-refractivity contribution in [3.8, 4) is 0 Å². The van der Waals surface area contributed by atoms with E-state index >= 15 is 0 Å². The van der Waals surface area contributed by atoms with Crippen LogP contribution in [0, 0.1) is 0 Å². The Hall–Kier alpha value is -0.660. The van der Waals surface area contributed by atoms with Gasteiger partial charge in [0, 0.05) is 10.2 Å². The first-order valence-corrected chi connectivity index (χ1v) is 8.84. The fourth-order valence-electron chi connectivity index (χ4n) is 1.61. The summed E-state index contributed by atoms with van der Waals surface area (Å²) in [5, 5.41) is 0.0988. The summed E-state index contributed by atoms with van der Waals surface area (Å²) in [6, 6.07) is 7.38. The standard InChI is InChI=1S/C12H8BrCl3N2O2S/c13-6-1-2-8(14)11(3-6)18-21(19,20)12-9(15)4-7(17)5-10(12)16/h1-5,18H,17H2. The summed E-state index contributed by atoms with van der Waals surface area (Å²) in [6.07, 6.45) is 0. The Morgan fingerprint density at radius 2 is 1.57 bits per heavy atom. The third kappa shape index (κ3) is 3.76. The Bertz CT molecular complexity index is 789. The summed E-state index contributed by atoms with van der Waals surface area (Å²) >= 11 is 21.1. The van der Waals surface area contributed by atoms with Crippen LogP contribution in [0.2, 0.25) is 15.1 Å². The van der Waals surface area contributed by atoms with E-state index in [-0.39, 0.29) is 31.3 Å². The van der Waals surface area contributed by atoms with Crippen LogP contribution in [0.1, 0.15) is 0 Å². The molecule has 112 valence electrons. The van der Waals surface area contributed by atoms with E-state index in [1.54, 1.807) is 12.1 Å². The van der Waals surface area contributed by atoms with Crippen LogP contribution >= 0.6 is 50.7 Å². The number of anilines is 2. The highest BCUT2D eigenvalue weighted by molar-refractivity contribution is 9.10. The van der Waals surface area contributed by atoms with Crippen molar-refractivity contribution in [3.05, 3.63) is 49.9 Å². The number of nitrogens with two attached hydrogens (primary N) is 1. The first-order valence-electron chi connectivity index (χ1n) is 5.43. The van der Waals surface area contributed by atoms with Gasteiger partial charge in [0.2, 0.25) is 0 Å². The quantitative estimate of drug-likeness (QED) is 0.688. The molecule has 9 heteroatoms. The van der Waals surface area contributed by atoms with Crippen LogP contribution in [0.15, 0.2) is 39.7 Å². The molecule has 0 spiro atoms. The van der Waals surface area contributed by atoms with Crippen molar-refractivity contribution in [1.82, 2.24) is 0 Å². The lowest BCUT2D eigenvalue weighted by atomic mass is 10.3. The van der Waals surface area contributed by atoms with Crippen LogP contribution in [0.5, 0.6) is 0 Å². The molecule has 0 saturated heterocycles.